The van der Waals surface area contributed by atoms with Crippen molar-refractivity contribution in [3.05, 3.63) is 23.5 Å². The second-order valence-corrected chi connectivity index (χ2v) is 5.82. The van der Waals surface area contributed by atoms with Gasteiger partial charge in [0, 0.05) is 25.5 Å². The number of hydrogen-bond donors (Lipinski definition) is 2. The lowest BCUT2D eigenvalue weighted by Crippen LogP contribution is -2.34. The number of hydrogen-bond acceptors (Lipinski definition) is 3. The number of aromatic nitrogens is 1. The minimum atomic E-state index is -0.0371. The molecule has 2 N–H and O–H groups in total. The molecule has 0 saturated heterocycles. The highest BCUT2D eigenvalue weighted by atomic mass is 16.1. The van der Waals surface area contributed by atoms with E-state index in [0.717, 1.165) is 17.9 Å². The first-order valence-electron chi connectivity index (χ1n) is 6.97. The molecule has 0 aromatic carbocycles. The molecule has 4 heteroatoms. The fourth-order valence-electron chi connectivity index (χ4n) is 2.74. The van der Waals surface area contributed by atoms with Gasteiger partial charge in [-0.25, -0.2) is 0 Å². The predicted octanol–water partition coefficient (Wildman–Crippen LogP) is 2.74. The number of nitrogens with zero attached hydrogens (tertiary/aromatic N) is 1. The molecule has 19 heavy (non-hydrogen) atoms. The van der Waals surface area contributed by atoms with Crippen LogP contribution >= 0.6 is 0 Å². The molecule has 4 nitrogen and oxygen atoms in total. The Kier molecular flexibility index (Phi) is 4.08. The van der Waals surface area contributed by atoms with E-state index in [1.165, 1.54) is 25.7 Å². The second-order valence-electron chi connectivity index (χ2n) is 5.82. The van der Waals surface area contributed by atoms with Gasteiger partial charge in [0.05, 0.1) is 11.3 Å². The van der Waals surface area contributed by atoms with Gasteiger partial charge in [0.2, 0.25) is 0 Å². The van der Waals surface area contributed by atoms with Crippen molar-refractivity contribution in [3.63, 3.8) is 0 Å². The van der Waals surface area contributed by atoms with Crippen LogP contribution in [0.15, 0.2) is 12.3 Å². The Hall–Kier alpha value is -1.58. The van der Waals surface area contributed by atoms with Gasteiger partial charge < -0.3 is 10.6 Å². The predicted molar refractivity (Wildman–Crippen MR) is 77.4 cm³/mol. The Morgan fingerprint density at radius 1 is 1.42 bits per heavy atom. The Labute approximate surface area is 115 Å². The zero-order valence-electron chi connectivity index (χ0n) is 12.0. The van der Waals surface area contributed by atoms with Crippen molar-refractivity contribution in [1.29, 1.82) is 0 Å². The fourth-order valence-corrected chi connectivity index (χ4v) is 2.74. The van der Waals surface area contributed by atoms with Crippen LogP contribution in [-0.4, -0.2) is 24.5 Å². The van der Waals surface area contributed by atoms with Crippen LogP contribution in [-0.2, 0) is 0 Å². The van der Waals surface area contributed by atoms with Crippen molar-refractivity contribution in [1.82, 2.24) is 10.3 Å². The van der Waals surface area contributed by atoms with E-state index >= 15 is 0 Å². The maximum absolute atomic E-state index is 12.2. The molecule has 104 valence electrons. The highest BCUT2D eigenvalue weighted by Crippen LogP contribution is 2.36. The first-order valence-corrected chi connectivity index (χ1v) is 6.97. The van der Waals surface area contributed by atoms with Crippen molar-refractivity contribution < 1.29 is 4.79 Å². The van der Waals surface area contributed by atoms with Crippen molar-refractivity contribution in [2.75, 3.05) is 18.9 Å². The van der Waals surface area contributed by atoms with E-state index in [1.807, 2.05) is 20.0 Å². The summed E-state index contributed by atoms with van der Waals surface area (Å²) in [5, 5.41) is 6.11. The molecule has 1 fully saturated rings. The monoisotopic (exact) mass is 261 g/mol. The molecule has 1 aliphatic rings. The third-order valence-electron chi connectivity index (χ3n) is 4.04. The minimum absolute atomic E-state index is 0.0371. The summed E-state index contributed by atoms with van der Waals surface area (Å²) in [6.07, 6.45) is 6.62. The first kappa shape index (κ1) is 13.8. The largest absolute Gasteiger partial charge is 0.387 e. The molecule has 1 saturated carbocycles. The zero-order chi connectivity index (χ0) is 13.9. The maximum Gasteiger partial charge on any atom is 0.254 e. The third-order valence-corrected chi connectivity index (χ3v) is 4.04. The van der Waals surface area contributed by atoms with Crippen LogP contribution < -0.4 is 10.6 Å². The molecule has 1 amide bonds. The molecule has 0 radical (unpaired) electrons. The van der Waals surface area contributed by atoms with Crippen LogP contribution in [0.2, 0.25) is 0 Å². The number of anilines is 1. The van der Waals surface area contributed by atoms with E-state index in [1.54, 1.807) is 6.20 Å². The average Bonchev–Trinajstić information content (AvgIpc) is 2.83. The second kappa shape index (κ2) is 5.59. The molecular weight excluding hydrogens is 238 g/mol. The smallest absolute Gasteiger partial charge is 0.254 e. The normalized spacial score (nSPS) is 17.2. The molecular formula is C15H23N3O. The number of aryl methyl sites for hydroxylation is 1. The van der Waals surface area contributed by atoms with Gasteiger partial charge in [-0.2, -0.15) is 0 Å². The number of amides is 1. The topological polar surface area (TPSA) is 54.0 Å². The molecule has 0 spiro atoms. The van der Waals surface area contributed by atoms with Crippen molar-refractivity contribution >= 4 is 11.6 Å². The molecule has 2 rings (SSSR count). The number of rotatable bonds is 4. The van der Waals surface area contributed by atoms with Gasteiger partial charge in [-0.1, -0.05) is 19.8 Å². The summed E-state index contributed by atoms with van der Waals surface area (Å²) in [6.45, 7) is 4.93. The average molecular weight is 261 g/mol. The van der Waals surface area contributed by atoms with Gasteiger partial charge in [-0.05, 0) is 31.2 Å². The quantitative estimate of drug-likeness (QED) is 0.876. The van der Waals surface area contributed by atoms with Crippen LogP contribution in [0.25, 0.3) is 0 Å². The van der Waals surface area contributed by atoms with Gasteiger partial charge in [-0.3, -0.25) is 9.78 Å². The Morgan fingerprint density at radius 3 is 2.74 bits per heavy atom. The van der Waals surface area contributed by atoms with Crippen molar-refractivity contribution in [2.24, 2.45) is 5.41 Å². The molecule has 0 aliphatic heterocycles. The van der Waals surface area contributed by atoms with E-state index in [9.17, 15) is 4.79 Å². The molecule has 1 aromatic heterocycles. The van der Waals surface area contributed by atoms with E-state index in [2.05, 4.69) is 22.5 Å². The van der Waals surface area contributed by atoms with E-state index in [0.29, 0.717) is 5.56 Å². The van der Waals surface area contributed by atoms with E-state index < -0.39 is 0 Å². The minimum Gasteiger partial charge on any atom is -0.387 e. The van der Waals surface area contributed by atoms with Crippen LogP contribution in [0, 0.1) is 12.3 Å². The third kappa shape index (κ3) is 3.25. The summed E-state index contributed by atoms with van der Waals surface area (Å²) in [4.78, 5) is 16.4. The van der Waals surface area contributed by atoms with Gasteiger partial charge in [0.1, 0.15) is 0 Å². The summed E-state index contributed by atoms with van der Waals surface area (Å²) in [5.74, 6) is -0.0371. The number of pyridine rings is 1. The highest BCUT2D eigenvalue weighted by Gasteiger charge is 2.29. The zero-order valence-corrected chi connectivity index (χ0v) is 12.0. The van der Waals surface area contributed by atoms with Gasteiger partial charge in [0.15, 0.2) is 0 Å². The van der Waals surface area contributed by atoms with E-state index in [4.69, 9.17) is 0 Å². The number of carbonyl (C=O) groups excluding carboxylic acids is 1. The Balaban J connectivity index is 2.03. The van der Waals surface area contributed by atoms with Crippen LogP contribution in [0.3, 0.4) is 0 Å². The fraction of sp³-hybridized carbons (Fsp3) is 0.600. The summed E-state index contributed by atoms with van der Waals surface area (Å²) in [5.41, 5.74) is 2.63. The van der Waals surface area contributed by atoms with Crippen molar-refractivity contribution in [2.45, 2.75) is 39.5 Å². The molecule has 1 aromatic rings. The van der Waals surface area contributed by atoms with Crippen molar-refractivity contribution in [3.8, 4) is 0 Å². The summed E-state index contributed by atoms with van der Waals surface area (Å²) in [6, 6.07) is 1.90. The summed E-state index contributed by atoms with van der Waals surface area (Å²) >= 11 is 0. The molecule has 1 heterocycles. The van der Waals surface area contributed by atoms with E-state index in [-0.39, 0.29) is 11.3 Å². The van der Waals surface area contributed by atoms with Crippen LogP contribution in [0.4, 0.5) is 5.69 Å². The lowest BCUT2D eigenvalue weighted by molar-refractivity contribution is 0.0934. The van der Waals surface area contributed by atoms with Gasteiger partial charge in [-0.15, -0.1) is 0 Å². The Morgan fingerprint density at radius 2 is 2.11 bits per heavy atom. The van der Waals surface area contributed by atoms with Gasteiger partial charge in [0.25, 0.3) is 5.91 Å². The summed E-state index contributed by atoms with van der Waals surface area (Å²) < 4.78 is 0. The number of nitrogens with one attached hydrogen (secondary N) is 2. The number of carbonyl (C=O) groups is 1. The lowest BCUT2D eigenvalue weighted by atomic mass is 9.89. The standard InChI is InChI=1S/C15H23N3O/c1-11-8-13(16-3)12(9-17-11)14(19)18-10-15(2)6-4-5-7-15/h8-9H,4-7,10H2,1-3H3,(H,16,17)(H,18,19). The molecule has 0 bridgehead atoms. The Bertz CT molecular complexity index is 464. The van der Waals surface area contributed by atoms with Gasteiger partial charge >= 0.3 is 0 Å². The highest BCUT2D eigenvalue weighted by molar-refractivity contribution is 5.99. The van der Waals surface area contributed by atoms with Crippen LogP contribution in [0.1, 0.15) is 48.7 Å². The summed E-state index contributed by atoms with van der Waals surface area (Å²) in [7, 11) is 1.82. The SMILES string of the molecule is CNc1cc(C)ncc1C(=O)NCC1(C)CCCC1. The molecule has 0 unspecified atom stereocenters. The maximum atomic E-state index is 12.2. The first-order chi connectivity index (χ1) is 9.04. The van der Waals surface area contributed by atoms with Crippen LogP contribution in [0.5, 0.6) is 0 Å². The molecule has 0 atom stereocenters. The lowest BCUT2D eigenvalue weighted by Gasteiger charge is -2.24. The molecule has 1 aliphatic carbocycles.